The third kappa shape index (κ3) is 3.46. The molecule has 2 aliphatic heterocycles. The molecule has 5 rings (SSSR count). The number of allylic oxidation sites excluding steroid dienone is 2. The van der Waals surface area contributed by atoms with Gasteiger partial charge >= 0.3 is 0 Å². The number of sulfonamides is 1. The lowest BCUT2D eigenvalue weighted by Gasteiger charge is -2.58. The first-order valence-corrected chi connectivity index (χ1v) is 12.3. The van der Waals surface area contributed by atoms with Crippen molar-refractivity contribution in [2.45, 2.75) is 42.2 Å². The minimum atomic E-state index is -4.01. The molecule has 6 nitrogen and oxygen atoms in total. The van der Waals surface area contributed by atoms with E-state index in [4.69, 9.17) is 0 Å². The summed E-state index contributed by atoms with van der Waals surface area (Å²) in [5, 5.41) is 9.96. The molecule has 3 atom stereocenters. The molecule has 1 aliphatic carbocycles. The molecular formula is C24H25FN2O4S. The lowest BCUT2D eigenvalue weighted by Crippen LogP contribution is -2.73. The van der Waals surface area contributed by atoms with E-state index in [1.54, 1.807) is 4.90 Å². The Morgan fingerprint density at radius 3 is 2.56 bits per heavy atom. The topological polar surface area (TPSA) is 77.9 Å². The number of carbonyl (C=O) groups is 1. The Hall–Kier alpha value is -2.55. The van der Waals surface area contributed by atoms with Gasteiger partial charge in [-0.1, -0.05) is 36.4 Å². The molecule has 3 aliphatic rings. The number of carbonyl (C=O) groups excluding carboxylic acids is 1. The van der Waals surface area contributed by atoms with Crippen molar-refractivity contribution in [2.24, 2.45) is 0 Å². The monoisotopic (exact) mass is 456 g/mol. The summed E-state index contributed by atoms with van der Waals surface area (Å²) >= 11 is 0. The normalized spacial score (nSPS) is 25.9. The van der Waals surface area contributed by atoms with Gasteiger partial charge in [-0.05, 0) is 54.2 Å². The summed E-state index contributed by atoms with van der Waals surface area (Å²) in [4.78, 5) is 14.3. The molecule has 2 saturated heterocycles. The minimum absolute atomic E-state index is 0.110. The van der Waals surface area contributed by atoms with Crippen molar-refractivity contribution < 1.29 is 22.7 Å². The van der Waals surface area contributed by atoms with Crippen LogP contribution in [0.5, 0.6) is 0 Å². The quantitative estimate of drug-likeness (QED) is 0.751. The summed E-state index contributed by atoms with van der Waals surface area (Å²) in [6, 6.07) is 12.3. The average molecular weight is 457 g/mol. The second kappa shape index (κ2) is 8.10. The van der Waals surface area contributed by atoms with Gasteiger partial charge in [0.1, 0.15) is 5.82 Å². The van der Waals surface area contributed by atoms with Crippen molar-refractivity contribution in [1.82, 2.24) is 9.21 Å². The van der Waals surface area contributed by atoms with Crippen LogP contribution >= 0.6 is 0 Å². The summed E-state index contributed by atoms with van der Waals surface area (Å²) < 4.78 is 40.9. The third-order valence-corrected chi connectivity index (χ3v) is 8.67. The Morgan fingerprint density at radius 1 is 1.12 bits per heavy atom. The molecule has 2 aromatic rings. The van der Waals surface area contributed by atoms with Gasteiger partial charge in [0.25, 0.3) is 0 Å². The zero-order chi connectivity index (χ0) is 22.5. The fourth-order valence-electron chi connectivity index (χ4n) is 5.28. The van der Waals surface area contributed by atoms with Gasteiger partial charge < -0.3 is 10.0 Å². The van der Waals surface area contributed by atoms with Crippen LogP contribution in [0.4, 0.5) is 4.39 Å². The summed E-state index contributed by atoms with van der Waals surface area (Å²) in [5.41, 5.74) is 3.49. The number of hydrogen-bond donors (Lipinski definition) is 1. The van der Waals surface area contributed by atoms with Crippen molar-refractivity contribution in [3.8, 4) is 0 Å². The van der Waals surface area contributed by atoms with Crippen LogP contribution in [-0.4, -0.2) is 60.4 Å². The molecule has 0 aromatic heterocycles. The summed E-state index contributed by atoms with van der Waals surface area (Å²) in [7, 11) is -4.01. The fourth-order valence-corrected chi connectivity index (χ4v) is 6.72. The standard InChI is InChI=1S/C24H25FN2O4S/c25-19-6-3-7-20(12-19)32(30,31)26-13-21-24(22(15-28)27(21)23(29)14-26)18-10-8-17(9-11-18)16-4-1-2-5-16/h3-4,6-12,21-22,24,28H,1-2,5,13-15H2/t21-,22+,24-/m0/s1. The van der Waals surface area contributed by atoms with E-state index in [1.165, 1.54) is 35.8 Å². The highest BCUT2D eigenvalue weighted by Gasteiger charge is 2.55. The maximum Gasteiger partial charge on any atom is 0.243 e. The smallest absolute Gasteiger partial charge is 0.243 e. The van der Waals surface area contributed by atoms with E-state index in [0.717, 1.165) is 28.8 Å². The van der Waals surface area contributed by atoms with Crippen molar-refractivity contribution in [3.63, 3.8) is 0 Å². The highest BCUT2D eigenvalue weighted by molar-refractivity contribution is 7.89. The number of amides is 1. The number of aliphatic hydroxyl groups excluding tert-OH is 1. The first-order valence-electron chi connectivity index (χ1n) is 10.9. The molecule has 2 aromatic carbocycles. The Bertz CT molecular complexity index is 1180. The third-order valence-electron chi connectivity index (χ3n) is 6.86. The van der Waals surface area contributed by atoms with Crippen LogP contribution in [0.15, 0.2) is 59.5 Å². The van der Waals surface area contributed by atoms with Crippen molar-refractivity contribution in [2.75, 3.05) is 19.7 Å². The number of hydrogen-bond acceptors (Lipinski definition) is 4. The molecule has 8 heteroatoms. The lowest BCUT2D eigenvalue weighted by atomic mass is 9.74. The molecule has 0 spiro atoms. The van der Waals surface area contributed by atoms with Crippen LogP contribution in [0.3, 0.4) is 0 Å². The number of halogens is 1. The van der Waals surface area contributed by atoms with E-state index in [0.29, 0.717) is 0 Å². The summed E-state index contributed by atoms with van der Waals surface area (Å²) in [6.45, 7) is -0.388. The largest absolute Gasteiger partial charge is 0.394 e. The van der Waals surface area contributed by atoms with Crippen molar-refractivity contribution in [3.05, 3.63) is 71.6 Å². The van der Waals surface area contributed by atoms with Crippen molar-refractivity contribution in [1.29, 1.82) is 0 Å². The summed E-state index contributed by atoms with van der Waals surface area (Å²) in [6.07, 6.45) is 5.59. The number of nitrogens with zero attached hydrogens (tertiary/aromatic N) is 2. The Balaban J connectivity index is 1.42. The van der Waals surface area contributed by atoms with Crippen LogP contribution in [0, 0.1) is 5.82 Å². The zero-order valence-corrected chi connectivity index (χ0v) is 18.3. The number of benzene rings is 2. The molecule has 0 saturated carbocycles. The number of piperazine rings is 1. The average Bonchev–Trinajstić information content (AvgIpc) is 3.30. The predicted molar refractivity (Wildman–Crippen MR) is 118 cm³/mol. The molecule has 168 valence electrons. The molecular weight excluding hydrogens is 431 g/mol. The molecule has 0 unspecified atom stereocenters. The number of rotatable bonds is 5. The maximum absolute atomic E-state index is 13.6. The van der Waals surface area contributed by atoms with E-state index in [1.807, 2.05) is 12.1 Å². The van der Waals surface area contributed by atoms with Gasteiger partial charge in [0.2, 0.25) is 15.9 Å². The van der Waals surface area contributed by atoms with Crippen LogP contribution in [-0.2, 0) is 14.8 Å². The Morgan fingerprint density at radius 2 is 1.91 bits per heavy atom. The van der Waals surface area contributed by atoms with Gasteiger partial charge in [-0.2, -0.15) is 4.31 Å². The van der Waals surface area contributed by atoms with E-state index in [9.17, 15) is 22.7 Å². The van der Waals surface area contributed by atoms with Gasteiger partial charge in [-0.25, -0.2) is 12.8 Å². The van der Waals surface area contributed by atoms with Crippen molar-refractivity contribution >= 4 is 21.5 Å². The van der Waals surface area contributed by atoms with Gasteiger partial charge in [0.15, 0.2) is 0 Å². The molecule has 2 heterocycles. The van der Waals surface area contributed by atoms with E-state index < -0.39 is 15.8 Å². The lowest BCUT2D eigenvalue weighted by molar-refractivity contribution is -0.158. The van der Waals surface area contributed by atoms with Crippen LogP contribution < -0.4 is 0 Å². The Kier molecular flexibility index (Phi) is 5.39. The maximum atomic E-state index is 13.6. The van der Waals surface area contributed by atoms with Gasteiger partial charge in [-0.15, -0.1) is 0 Å². The molecule has 2 fully saturated rings. The highest BCUT2D eigenvalue weighted by atomic mass is 32.2. The van der Waals surface area contributed by atoms with E-state index >= 15 is 0 Å². The molecule has 1 amide bonds. The first kappa shape index (κ1) is 21.3. The fraction of sp³-hybridized carbons (Fsp3) is 0.375. The second-order valence-electron chi connectivity index (χ2n) is 8.64. The van der Waals surface area contributed by atoms with Gasteiger partial charge in [0.05, 0.1) is 30.1 Å². The van der Waals surface area contributed by atoms with Gasteiger partial charge in [-0.3, -0.25) is 4.79 Å². The molecule has 1 N–H and O–H groups in total. The SMILES string of the molecule is O=C1CN(S(=O)(=O)c2cccc(F)c2)C[C@H]2[C@H](c3ccc(C4=CCCC4)cc3)[C@@H](CO)N12. The van der Waals surface area contributed by atoms with Crippen LogP contribution in [0.25, 0.3) is 5.57 Å². The molecule has 32 heavy (non-hydrogen) atoms. The highest BCUT2D eigenvalue weighted by Crippen LogP contribution is 2.44. The number of aliphatic hydroxyl groups is 1. The Labute approximate surface area is 187 Å². The predicted octanol–water partition coefficient (Wildman–Crippen LogP) is 2.75. The number of fused-ring (bicyclic) bond motifs is 1. The molecule has 0 bridgehead atoms. The van der Waals surface area contributed by atoms with Crippen LogP contribution in [0.2, 0.25) is 0 Å². The minimum Gasteiger partial charge on any atom is -0.394 e. The zero-order valence-electron chi connectivity index (χ0n) is 17.5. The summed E-state index contributed by atoms with van der Waals surface area (Å²) in [5.74, 6) is -1.15. The van der Waals surface area contributed by atoms with E-state index in [2.05, 4.69) is 18.2 Å². The second-order valence-corrected chi connectivity index (χ2v) is 10.6. The molecule has 0 radical (unpaired) electrons. The van der Waals surface area contributed by atoms with Crippen LogP contribution in [0.1, 0.15) is 36.3 Å². The first-order chi connectivity index (χ1) is 15.4. The van der Waals surface area contributed by atoms with E-state index in [-0.39, 0.29) is 48.5 Å². The van der Waals surface area contributed by atoms with Gasteiger partial charge in [0, 0.05) is 12.5 Å².